The van der Waals surface area contributed by atoms with Gasteiger partial charge in [-0.2, -0.15) is 0 Å². The molecule has 0 saturated heterocycles. The highest BCUT2D eigenvalue weighted by atomic mass is 35.5. The first-order valence-corrected chi connectivity index (χ1v) is 20.3. The van der Waals surface area contributed by atoms with Gasteiger partial charge in [0.05, 0.1) is 12.1 Å². The minimum atomic E-state index is -0.786. The number of halogens is 1. The zero-order chi connectivity index (χ0) is 38.7. The zero-order valence-electron chi connectivity index (χ0n) is 31.3. The Morgan fingerprint density at radius 2 is 1.71 bits per heavy atom. The van der Waals surface area contributed by atoms with Crippen molar-refractivity contribution >= 4 is 51.7 Å². The molecular formula is C43H50ClN7O3S. The molecule has 5 aromatic rings. The summed E-state index contributed by atoms with van der Waals surface area (Å²) >= 11 is 8.51. The number of carbonyl (C=O) groups is 3. The molecule has 3 aromatic heterocycles. The second-order valence-electron chi connectivity index (χ2n) is 14.2. The number of benzene rings is 2. The van der Waals surface area contributed by atoms with E-state index in [1.54, 1.807) is 42.3 Å². The largest absolute Gasteiger partial charge is 0.361 e. The number of pyridine rings is 2. The molecule has 0 unspecified atom stereocenters. The Labute approximate surface area is 332 Å². The molecule has 10 nitrogen and oxygen atoms in total. The van der Waals surface area contributed by atoms with Crippen molar-refractivity contribution < 1.29 is 14.4 Å². The molecule has 1 amide bonds. The van der Waals surface area contributed by atoms with Gasteiger partial charge in [-0.15, -0.1) is 0 Å². The van der Waals surface area contributed by atoms with Gasteiger partial charge >= 0.3 is 0 Å². The fourth-order valence-electron chi connectivity index (χ4n) is 7.43. The maximum atomic E-state index is 14.7. The molecule has 0 saturated carbocycles. The van der Waals surface area contributed by atoms with E-state index in [4.69, 9.17) is 23.1 Å². The number of carbonyl (C=O) groups excluding carboxylic acids is 3. The number of nitrogens with one attached hydrogen (secondary N) is 2. The number of likely N-dealkylation sites (N-methyl/N-ethyl adjacent to an activating group) is 1. The van der Waals surface area contributed by atoms with Crippen molar-refractivity contribution in [3.05, 3.63) is 107 Å². The summed E-state index contributed by atoms with van der Waals surface area (Å²) in [7, 11) is 1.70. The van der Waals surface area contributed by atoms with Gasteiger partial charge in [0.1, 0.15) is 5.15 Å². The van der Waals surface area contributed by atoms with Crippen LogP contribution >= 0.6 is 23.4 Å². The Hall–Kier alpha value is -4.39. The average molecular weight is 780 g/mol. The van der Waals surface area contributed by atoms with Crippen molar-refractivity contribution in [1.82, 2.24) is 25.2 Å². The van der Waals surface area contributed by atoms with Crippen molar-refractivity contribution in [3.8, 4) is 11.1 Å². The number of amides is 1. The number of nitrogens with two attached hydrogens (primary N) is 2. The number of ketones is 2. The minimum Gasteiger partial charge on any atom is -0.361 e. The lowest BCUT2D eigenvalue weighted by molar-refractivity contribution is -0.143. The Kier molecular flexibility index (Phi) is 14.3. The van der Waals surface area contributed by atoms with E-state index >= 15 is 0 Å². The van der Waals surface area contributed by atoms with Gasteiger partial charge in [0.15, 0.2) is 11.6 Å². The smallest absolute Gasteiger partial charge is 0.226 e. The third kappa shape index (κ3) is 9.89. The van der Waals surface area contributed by atoms with Gasteiger partial charge in [0, 0.05) is 101 Å². The lowest BCUT2D eigenvalue weighted by Gasteiger charge is -2.31. The van der Waals surface area contributed by atoms with Gasteiger partial charge < -0.3 is 26.7 Å². The summed E-state index contributed by atoms with van der Waals surface area (Å²) in [6, 6.07) is 18.6. The van der Waals surface area contributed by atoms with E-state index in [1.807, 2.05) is 60.8 Å². The second-order valence-corrected chi connectivity index (χ2v) is 15.6. The molecular weight excluding hydrogens is 730 g/mol. The van der Waals surface area contributed by atoms with Crippen LogP contribution in [0.2, 0.25) is 5.15 Å². The molecule has 0 fully saturated rings. The molecule has 2 aromatic carbocycles. The number of nitrogens with zero attached hydrogens (tertiary/aromatic N) is 3. The molecule has 0 aliphatic carbocycles. The number of Topliss-reactive ketones (excluding diaryl/α,β-unsaturated/α-hetero) is 2. The van der Waals surface area contributed by atoms with Crippen molar-refractivity contribution in [3.63, 3.8) is 0 Å². The first kappa shape index (κ1) is 40.3. The van der Waals surface area contributed by atoms with Crippen LogP contribution in [0.4, 0.5) is 0 Å². The fraction of sp³-hybridized carbons (Fsp3) is 0.372. The van der Waals surface area contributed by atoms with Gasteiger partial charge in [0.2, 0.25) is 5.91 Å². The molecule has 3 atom stereocenters. The van der Waals surface area contributed by atoms with Crippen LogP contribution in [0.1, 0.15) is 61.6 Å². The highest BCUT2D eigenvalue weighted by Gasteiger charge is 2.34. The van der Waals surface area contributed by atoms with E-state index in [9.17, 15) is 14.4 Å². The van der Waals surface area contributed by atoms with Crippen molar-refractivity contribution in [2.45, 2.75) is 86.2 Å². The number of aromatic nitrogens is 3. The molecule has 0 spiro atoms. The predicted octanol–water partition coefficient (Wildman–Crippen LogP) is 6.92. The molecule has 6 N–H and O–H groups in total. The van der Waals surface area contributed by atoms with E-state index in [2.05, 4.69) is 26.3 Å². The summed E-state index contributed by atoms with van der Waals surface area (Å²) in [5.74, 6) is -0.960. The number of rotatable bonds is 10. The van der Waals surface area contributed by atoms with Crippen LogP contribution in [0.3, 0.4) is 0 Å². The van der Waals surface area contributed by atoms with Crippen LogP contribution in [-0.2, 0) is 33.8 Å². The van der Waals surface area contributed by atoms with Gasteiger partial charge in [-0.3, -0.25) is 19.4 Å². The molecule has 0 bridgehead atoms. The number of H-pyrrole nitrogens is 1. The third-order valence-corrected chi connectivity index (χ3v) is 12.2. The summed E-state index contributed by atoms with van der Waals surface area (Å²) in [6.07, 6.45) is 11.1. The maximum absolute atomic E-state index is 14.7. The van der Waals surface area contributed by atoms with Crippen LogP contribution in [0, 0.1) is 5.92 Å². The fourth-order valence-corrected chi connectivity index (χ4v) is 8.97. The normalized spacial score (nSPS) is 18.9. The summed E-state index contributed by atoms with van der Waals surface area (Å²) < 4.78 is 0. The number of unbranched alkanes of at least 4 members (excludes halogenated alkanes) is 1. The van der Waals surface area contributed by atoms with Crippen LogP contribution < -0.4 is 16.8 Å². The summed E-state index contributed by atoms with van der Waals surface area (Å²) in [5.41, 5.74) is 17.2. The SMILES string of the molecule is CN1C(=O)[C@H](CCCCN)CC(=O)[C@H](CCCN)NCc2ccccc2Sc2c(-c3cccnc3)cnc(Cl)c2CCC(=O)[C@@H]1Cc1c[nH]c2ccccc12. The summed E-state index contributed by atoms with van der Waals surface area (Å²) in [4.78, 5) is 59.3. The summed E-state index contributed by atoms with van der Waals surface area (Å²) in [6.45, 7) is 1.36. The third-order valence-electron chi connectivity index (χ3n) is 10.6. The molecule has 6 rings (SSSR count). The Balaban J connectivity index is 1.46. The van der Waals surface area contributed by atoms with Crippen molar-refractivity contribution in [2.75, 3.05) is 20.1 Å². The van der Waals surface area contributed by atoms with Crippen molar-refractivity contribution in [1.29, 1.82) is 0 Å². The molecule has 55 heavy (non-hydrogen) atoms. The number of aromatic amines is 1. The van der Waals surface area contributed by atoms with E-state index in [-0.39, 0.29) is 30.3 Å². The topological polar surface area (TPSA) is 160 Å². The Morgan fingerprint density at radius 1 is 0.909 bits per heavy atom. The standard InChI is InChI=1S/C43H50ClN7O3S/c1-51-37(22-31-26-48-35-14-4-3-13-32(31)35)38(52)18-17-33-41(34(27-50-42(33)44)29-12-9-21-47-24-29)55-40-16-5-2-11-30(40)25-49-36(15-8-20-46)39(53)23-28(43(51)54)10-6-7-19-45/h2-5,9,11-14,16,21,24,26-28,36-37,48-49H,6-8,10,15,17-20,22-23,25,45-46H2,1H3/t28-,36+,37+/m1/s1. The lowest BCUT2D eigenvalue weighted by Crippen LogP contribution is -2.47. The predicted molar refractivity (Wildman–Crippen MR) is 220 cm³/mol. The van der Waals surface area contributed by atoms with Crippen LogP contribution in [-0.4, -0.2) is 69.5 Å². The quantitative estimate of drug-likeness (QED) is 0.0872. The Bertz CT molecular complexity index is 2090. The van der Waals surface area contributed by atoms with Gasteiger partial charge in [-0.25, -0.2) is 4.98 Å². The number of fused-ring (bicyclic) bond motifs is 3. The molecule has 4 heterocycles. The van der Waals surface area contributed by atoms with E-state index in [1.165, 1.54) is 0 Å². The molecule has 1 aliphatic heterocycles. The van der Waals surface area contributed by atoms with Crippen LogP contribution in [0.25, 0.3) is 22.0 Å². The van der Waals surface area contributed by atoms with Gasteiger partial charge in [-0.1, -0.05) is 72.2 Å². The van der Waals surface area contributed by atoms with Crippen LogP contribution in [0.15, 0.2) is 95.2 Å². The maximum Gasteiger partial charge on any atom is 0.226 e. The lowest BCUT2D eigenvalue weighted by atomic mass is 9.89. The minimum absolute atomic E-state index is 0.0380. The van der Waals surface area contributed by atoms with Gasteiger partial charge in [-0.05, 0) is 74.5 Å². The highest BCUT2D eigenvalue weighted by molar-refractivity contribution is 7.99. The van der Waals surface area contributed by atoms with E-state index < -0.39 is 18.0 Å². The number of para-hydroxylation sites is 1. The highest BCUT2D eigenvalue weighted by Crippen LogP contribution is 2.42. The second kappa shape index (κ2) is 19.5. The Morgan fingerprint density at radius 3 is 2.51 bits per heavy atom. The zero-order valence-corrected chi connectivity index (χ0v) is 32.9. The summed E-state index contributed by atoms with van der Waals surface area (Å²) in [5, 5.41) is 4.86. The molecule has 12 heteroatoms. The van der Waals surface area contributed by atoms with E-state index in [0.29, 0.717) is 63.3 Å². The van der Waals surface area contributed by atoms with E-state index in [0.717, 1.165) is 54.9 Å². The molecule has 288 valence electrons. The van der Waals surface area contributed by atoms with Crippen LogP contribution in [0.5, 0.6) is 0 Å². The number of hydrogen-bond acceptors (Lipinski definition) is 9. The molecule has 0 radical (unpaired) electrons. The monoisotopic (exact) mass is 779 g/mol. The molecule has 1 aliphatic rings. The number of hydrogen-bond donors (Lipinski definition) is 4. The van der Waals surface area contributed by atoms with Gasteiger partial charge in [0.25, 0.3) is 0 Å². The first-order valence-electron chi connectivity index (χ1n) is 19.1. The average Bonchev–Trinajstić information content (AvgIpc) is 3.62. The van der Waals surface area contributed by atoms with Crippen molar-refractivity contribution in [2.24, 2.45) is 17.4 Å². The first-order chi connectivity index (χ1) is 26.8.